The smallest absolute Gasteiger partial charge is 0.338 e. The van der Waals surface area contributed by atoms with Crippen molar-refractivity contribution in [1.29, 1.82) is 5.26 Å². The van der Waals surface area contributed by atoms with E-state index in [9.17, 15) is 10.1 Å². The molecule has 0 aliphatic rings. The number of anilines is 3. The Bertz CT molecular complexity index is 1720. The zero-order valence-corrected chi connectivity index (χ0v) is 20.1. The van der Waals surface area contributed by atoms with Crippen LogP contribution in [0.2, 0.25) is 0 Å². The second-order valence-electron chi connectivity index (χ2n) is 8.17. The molecule has 3 N–H and O–H groups in total. The first-order valence-electron chi connectivity index (χ1n) is 11.3. The van der Waals surface area contributed by atoms with E-state index in [1.54, 1.807) is 32.4 Å². The number of pyridine rings is 1. The van der Waals surface area contributed by atoms with Crippen LogP contribution in [0.1, 0.15) is 5.56 Å². The molecule has 0 aliphatic heterocycles. The molecule has 5 rings (SSSR count). The Morgan fingerprint density at radius 3 is 2.38 bits per heavy atom. The number of aromatic nitrogens is 1. The van der Waals surface area contributed by atoms with E-state index in [2.05, 4.69) is 16.4 Å². The summed E-state index contributed by atoms with van der Waals surface area (Å²) in [6.45, 7) is 0. The first-order chi connectivity index (χ1) is 18.0. The van der Waals surface area contributed by atoms with Gasteiger partial charge in [0.15, 0.2) is 11.5 Å². The fourth-order valence-corrected chi connectivity index (χ4v) is 4.16. The molecule has 0 bridgehead atoms. The van der Waals surface area contributed by atoms with Gasteiger partial charge in [0, 0.05) is 28.3 Å². The minimum absolute atomic E-state index is 0.134. The molecule has 8 nitrogen and oxygen atoms in total. The maximum Gasteiger partial charge on any atom is 0.338 e. The molecule has 37 heavy (non-hydrogen) atoms. The highest BCUT2D eigenvalue weighted by Gasteiger charge is 2.16. The Labute approximate surface area is 212 Å². The second-order valence-corrected chi connectivity index (χ2v) is 8.17. The van der Waals surface area contributed by atoms with Crippen molar-refractivity contribution in [2.24, 2.45) is 0 Å². The van der Waals surface area contributed by atoms with Crippen LogP contribution >= 0.6 is 0 Å². The van der Waals surface area contributed by atoms with E-state index >= 15 is 0 Å². The zero-order chi connectivity index (χ0) is 25.9. The number of benzene rings is 3. The lowest BCUT2D eigenvalue weighted by atomic mass is 9.98. The molecule has 0 spiro atoms. The Morgan fingerprint density at radius 1 is 0.919 bits per heavy atom. The zero-order valence-electron chi connectivity index (χ0n) is 20.1. The molecule has 2 heterocycles. The Hall–Kier alpha value is -5.29. The second kappa shape index (κ2) is 9.76. The molecule has 0 aliphatic carbocycles. The standard InChI is InChI=1S/C29H22N4O4/c1-35-26-12-9-18(13-27(26)36-2)21-14-23(33-29(31)22(21)16-30)17-7-10-19(11-8-17)32-24-15-28(34)37-25-6-4-3-5-20(24)25/h3-15,32H,1-2H3,(H2,31,33). The number of nitrogens with two attached hydrogens (primary N) is 1. The van der Waals surface area contributed by atoms with Gasteiger partial charge in [-0.2, -0.15) is 5.26 Å². The summed E-state index contributed by atoms with van der Waals surface area (Å²) in [7, 11) is 3.12. The van der Waals surface area contributed by atoms with Crippen LogP contribution in [0.4, 0.5) is 17.2 Å². The number of nitrogens with one attached hydrogen (secondary N) is 1. The van der Waals surface area contributed by atoms with E-state index in [0.29, 0.717) is 34.0 Å². The maximum absolute atomic E-state index is 12.0. The molecular weight excluding hydrogens is 468 g/mol. The van der Waals surface area contributed by atoms with Crippen molar-refractivity contribution in [1.82, 2.24) is 4.98 Å². The average molecular weight is 491 g/mol. The third-order valence-corrected chi connectivity index (χ3v) is 5.96. The SMILES string of the molecule is COc1ccc(-c2cc(-c3ccc(Nc4cc(=O)oc5ccccc45)cc3)nc(N)c2C#N)cc1OC. The van der Waals surface area contributed by atoms with Gasteiger partial charge in [-0.25, -0.2) is 9.78 Å². The van der Waals surface area contributed by atoms with Crippen molar-refractivity contribution in [2.45, 2.75) is 0 Å². The van der Waals surface area contributed by atoms with Crippen LogP contribution in [0, 0.1) is 11.3 Å². The molecule has 0 unspecified atom stereocenters. The fourth-order valence-electron chi connectivity index (χ4n) is 4.16. The molecule has 3 aromatic carbocycles. The van der Waals surface area contributed by atoms with Crippen molar-refractivity contribution in [2.75, 3.05) is 25.3 Å². The van der Waals surface area contributed by atoms with Gasteiger partial charge in [0.1, 0.15) is 23.0 Å². The van der Waals surface area contributed by atoms with E-state index in [0.717, 1.165) is 22.2 Å². The Balaban J connectivity index is 1.51. The Kier molecular flexibility index (Phi) is 6.18. The molecule has 0 saturated heterocycles. The van der Waals surface area contributed by atoms with E-state index in [-0.39, 0.29) is 11.4 Å². The number of methoxy groups -OCH3 is 2. The summed E-state index contributed by atoms with van der Waals surface area (Å²) >= 11 is 0. The summed E-state index contributed by atoms with van der Waals surface area (Å²) < 4.78 is 16.0. The summed E-state index contributed by atoms with van der Waals surface area (Å²) in [4.78, 5) is 16.4. The molecule has 0 fully saturated rings. The number of ether oxygens (including phenoxy) is 2. The van der Waals surface area contributed by atoms with Crippen molar-refractivity contribution >= 4 is 28.2 Å². The number of nitrogens with zero attached hydrogens (tertiary/aromatic N) is 2. The number of para-hydroxylation sites is 1. The quantitative estimate of drug-likeness (QED) is 0.289. The minimum atomic E-state index is -0.433. The lowest BCUT2D eigenvalue weighted by molar-refractivity contribution is 0.355. The summed E-state index contributed by atoms with van der Waals surface area (Å²) in [6.07, 6.45) is 0. The molecule has 0 atom stereocenters. The number of hydrogen-bond donors (Lipinski definition) is 2. The first-order valence-corrected chi connectivity index (χ1v) is 11.3. The highest BCUT2D eigenvalue weighted by Crippen LogP contribution is 2.36. The summed E-state index contributed by atoms with van der Waals surface area (Å²) in [5.74, 6) is 1.26. The largest absolute Gasteiger partial charge is 0.493 e. The van der Waals surface area contributed by atoms with Gasteiger partial charge in [0.25, 0.3) is 0 Å². The van der Waals surface area contributed by atoms with Crippen molar-refractivity contribution in [3.8, 4) is 40.0 Å². The van der Waals surface area contributed by atoms with E-state index in [1.165, 1.54) is 6.07 Å². The van der Waals surface area contributed by atoms with E-state index < -0.39 is 5.63 Å². The molecular formula is C29H22N4O4. The number of fused-ring (bicyclic) bond motifs is 1. The molecule has 2 aromatic heterocycles. The number of hydrogen-bond acceptors (Lipinski definition) is 8. The van der Waals surface area contributed by atoms with Gasteiger partial charge in [-0.1, -0.05) is 30.3 Å². The maximum atomic E-state index is 12.0. The summed E-state index contributed by atoms with van der Waals surface area (Å²) in [6, 6.07) is 25.7. The fraction of sp³-hybridized carbons (Fsp3) is 0.0690. The highest BCUT2D eigenvalue weighted by atomic mass is 16.5. The lowest BCUT2D eigenvalue weighted by Gasteiger charge is -2.13. The molecule has 8 heteroatoms. The van der Waals surface area contributed by atoms with E-state index in [1.807, 2.05) is 54.6 Å². The van der Waals surface area contributed by atoms with Crippen LogP contribution in [0.3, 0.4) is 0 Å². The van der Waals surface area contributed by atoms with E-state index in [4.69, 9.17) is 19.6 Å². The van der Waals surface area contributed by atoms with Gasteiger partial charge < -0.3 is 24.9 Å². The van der Waals surface area contributed by atoms with Crippen molar-refractivity contribution in [3.05, 3.63) is 94.8 Å². The molecule has 5 aromatic rings. The first kappa shape index (κ1) is 23.5. The van der Waals surface area contributed by atoms with Crippen molar-refractivity contribution < 1.29 is 13.9 Å². The van der Waals surface area contributed by atoms with Gasteiger partial charge in [-0.3, -0.25) is 0 Å². The third-order valence-electron chi connectivity index (χ3n) is 5.96. The van der Waals surface area contributed by atoms with Crippen molar-refractivity contribution in [3.63, 3.8) is 0 Å². The van der Waals surface area contributed by atoms with Gasteiger partial charge in [-0.05, 0) is 48.0 Å². The summed E-state index contributed by atoms with van der Waals surface area (Å²) in [5, 5.41) is 13.8. The lowest BCUT2D eigenvalue weighted by Crippen LogP contribution is -2.01. The highest BCUT2D eigenvalue weighted by molar-refractivity contribution is 5.91. The molecule has 182 valence electrons. The minimum Gasteiger partial charge on any atom is -0.493 e. The van der Waals surface area contributed by atoms with Gasteiger partial charge in [0.2, 0.25) is 0 Å². The molecule has 0 saturated carbocycles. The van der Waals surface area contributed by atoms with Crippen LogP contribution in [-0.4, -0.2) is 19.2 Å². The number of nitrogen functional groups attached to an aromatic ring is 1. The van der Waals surface area contributed by atoms with Crippen LogP contribution in [0.25, 0.3) is 33.4 Å². The van der Waals surface area contributed by atoms with Crippen LogP contribution in [0.15, 0.2) is 88.1 Å². The Morgan fingerprint density at radius 2 is 1.65 bits per heavy atom. The van der Waals surface area contributed by atoms with Gasteiger partial charge >= 0.3 is 5.63 Å². The monoisotopic (exact) mass is 490 g/mol. The number of rotatable bonds is 6. The van der Waals surface area contributed by atoms with Crippen LogP contribution < -0.4 is 26.1 Å². The van der Waals surface area contributed by atoms with Crippen LogP contribution in [0.5, 0.6) is 11.5 Å². The normalized spacial score (nSPS) is 10.6. The predicted octanol–water partition coefficient (Wildman–Crippen LogP) is 5.74. The summed E-state index contributed by atoms with van der Waals surface area (Å²) in [5.41, 5.74) is 10.8. The molecule has 0 radical (unpaired) electrons. The predicted molar refractivity (Wildman–Crippen MR) is 143 cm³/mol. The average Bonchev–Trinajstić information content (AvgIpc) is 2.92. The van der Waals surface area contributed by atoms with Crippen LogP contribution in [-0.2, 0) is 0 Å². The number of nitriles is 1. The third kappa shape index (κ3) is 4.54. The van der Waals surface area contributed by atoms with Gasteiger partial charge in [-0.15, -0.1) is 0 Å². The topological polar surface area (TPSA) is 123 Å². The van der Waals surface area contributed by atoms with Gasteiger partial charge in [0.05, 0.1) is 25.6 Å². The molecule has 0 amide bonds.